The van der Waals surface area contributed by atoms with E-state index in [9.17, 15) is 0 Å². The van der Waals surface area contributed by atoms with E-state index in [0.29, 0.717) is 12.1 Å². The van der Waals surface area contributed by atoms with Crippen molar-refractivity contribution in [3.63, 3.8) is 0 Å². The SMILES string of the molecule is CC(C)N1CCN(C(C)CCNC(C)(C)C)CC1. The molecule has 1 heterocycles. The molecule has 108 valence electrons. The van der Waals surface area contributed by atoms with Crippen LogP contribution in [0, 0.1) is 0 Å². The van der Waals surface area contributed by atoms with Crippen LogP contribution < -0.4 is 5.32 Å². The largest absolute Gasteiger partial charge is 0.312 e. The van der Waals surface area contributed by atoms with Gasteiger partial charge in [0.1, 0.15) is 0 Å². The van der Waals surface area contributed by atoms with Gasteiger partial charge in [-0.25, -0.2) is 0 Å². The Morgan fingerprint density at radius 3 is 1.89 bits per heavy atom. The lowest BCUT2D eigenvalue weighted by Crippen LogP contribution is -2.52. The normalized spacial score (nSPS) is 21.5. The maximum atomic E-state index is 3.58. The van der Waals surface area contributed by atoms with Crippen LogP contribution in [-0.4, -0.2) is 60.1 Å². The fraction of sp³-hybridized carbons (Fsp3) is 1.00. The number of piperazine rings is 1. The van der Waals surface area contributed by atoms with Crippen LogP contribution >= 0.6 is 0 Å². The van der Waals surface area contributed by atoms with Gasteiger partial charge in [-0.1, -0.05) is 0 Å². The van der Waals surface area contributed by atoms with E-state index < -0.39 is 0 Å². The summed E-state index contributed by atoms with van der Waals surface area (Å²) in [6.45, 7) is 19.7. The molecule has 1 N–H and O–H groups in total. The molecule has 1 aliphatic heterocycles. The van der Waals surface area contributed by atoms with E-state index in [4.69, 9.17) is 0 Å². The first-order valence-corrected chi connectivity index (χ1v) is 7.53. The van der Waals surface area contributed by atoms with E-state index in [1.54, 1.807) is 0 Å². The van der Waals surface area contributed by atoms with Gasteiger partial charge in [-0.15, -0.1) is 0 Å². The predicted octanol–water partition coefficient (Wildman–Crippen LogP) is 2.18. The summed E-state index contributed by atoms with van der Waals surface area (Å²) in [5, 5.41) is 3.58. The number of hydrogen-bond acceptors (Lipinski definition) is 3. The Hall–Kier alpha value is -0.120. The Morgan fingerprint density at radius 2 is 1.44 bits per heavy atom. The first kappa shape index (κ1) is 15.9. The van der Waals surface area contributed by atoms with Crippen LogP contribution in [0.3, 0.4) is 0 Å². The molecule has 1 saturated heterocycles. The number of rotatable bonds is 5. The Kier molecular flexibility index (Phi) is 6.09. The monoisotopic (exact) mass is 255 g/mol. The average molecular weight is 255 g/mol. The van der Waals surface area contributed by atoms with Crippen LogP contribution in [0.2, 0.25) is 0 Å². The second kappa shape index (κ2) is 6.88. The van der Waals surface area contributed by atoms with Crippen molar-refractivity contribution in [3.8, 4) is 0 Å². The van der Waals surface area contributed by atoms with Crippen molar-refractivity contribution < 1.29 is 0 Å². The van der Waals surface area contributed by atoms with E-state index in [1.165, 1.54) is 32.6 Å². The summed E-state index contributed by atoms with van der Waals surface area (Å²) >= 11 is 0. The minimum atomic E-state index is 0.246. The zero-order chi connectivity index (χ0) is 13.8. The Bertz CT molecular complexity index is 224. The van der Waals surface area contributed by atoms with Crippen molar-refractivity contribution in [2.45, 2.75) is 65.6 Å². The number of hydrogen-bond donors (Lipinski definition) is 1. The van der Waals surface area contributed by atoms with Crippen LogP contribution in [-0.2, 0) is 0 Å². The van der Waals surface area contributed by atoms with Gasteiger partial charge < -0.3 is 5.32 Å². The highest BCUT2D eigenvalue weighted by Crippen LogP contribution is 2.11. The second-order valence-electron chi connectivity index (χ2n) is 6.98. The molecular weight excluding hydrogens is 222 g/mol. The predicted molar refractivity (Wildman–Crippen MR) is 80.1 cm³/mol. The van der Waals surface area contributed by atoms with Gasteiger partial charge in [0.2, 0.25) is 0 Å². The van der Waals surface area contributed by atoms with Crippen molar-refractivity contribution in [3.05, 3.63) is 0 Å². The van der Waals surface area contributed by atoms with E-state index in [1.807, 2.05) is 0 Å². The highest BCUT2D eigenvalue weighted by atomic mass is 15.3. The molecule has 1 unspecified atom stereocenters. The molecule has 0 radical (unpaired) electrons. The van der Waals surface area contributed by atoms with Crippen molar-refractivity contribution in [1.29, 1.82) is 0 Å². The fourth-order valence-corrected chi connectivity index (χ4v) is 2.53. The summed E-state index contributed by atoms with van der Waals surface area (Å²) in [6, 6.07) is 1.40. The van der Waals surface area contributed by atoms with E-state index in [0.717, 1.165) is 6.54 Å². The van der Waals surface area contributed by atoms with Crippen LogP contribution in [0.4, 0.5) is 0 Å². The zero-order valence-electron chi connectivity index (χ0n) is 13.3. The molecule has 0 aromatic rings. The van der Waals surface area contributed by atoms with Gasteiger partial charge in [0.25, 0.3) is 0 Å². The Morgan fingerprint density at radius 1 is 0.944 bits per heavy atom. The minimum absolute atomic E-state index is 0.246. The molecule has 0 saturated carbocycles. The third-order valence-corrected chi connectivity index (χ3v) is 3.92. The molecule has 0 aromatic heterocycles. The van der Waals surface area contributed by atoms with Crippen molar-refractivity contribution >= 4 is 0 Å². The lowest BCUT2D eigenvalue weighted by molar-refractivity contribution is 0.0801. The van der Waals surface area contributed by atoms with Gasteiger partial charge in [0.05, 0.1) is 0 Å². The zero-order valence-corrected chi connectivity index (χ0v) is 13.3. The molecule has 3 nitrogen and oxygen atoms in total. The summed E-state index contributed by atoms with van der Waals surface area (Å²) in [4.78, 5) is 5.22. The van der Waals surface area contributed by atoms with Gasteiger partial charge in [0.15, 0.2) is 0 Å². The van der Waals surface area contributed by atoms with Crippen LogP contribution in [0.1, 0.15) is 48.0 Å². The average Bonchev–Trinajstić information content (AvgIpc) is 2.27. The van der Waals surface area contributed by atoms with Gasteiger partial charge >= 0.3 is 0 Å². The van der Waals surface area contributed by atoms with Gasteiger partial charge in [0, 0.05) is 43.8 Å². The number of nitrogens with one attached hydrogen (secondary N) is 1. The van der Waals surface area contributed by atoms with E-state index in [2.05, 4.69) is 56.7 Å². The summed E-state index contributed by atoms with van der Waals surface area (Å²) in [5.74, 6) is 0. The van der Waals surface area contributed by atoms with Crippen LogP contribution in [0.5, 0.6) is 0 Å². The molecule has 1 rings (SSSR count). The Balaban J connectivity index is 2.22. The Labute approximate surface area is 114 Å². The maximum Gasteiger partial charge on any atom is 0.0113 e. The first-order chi connectivity index (χ1) is 8.29. The smallest absolute Gasteiger partial charge is 0.0113 e. The molecule has 1 atom stereocenters. The summed E-state index contributed by atoms with van der Waals surface area (Å²) in [5.41, 5.74) is 0.246. The molecule has 3 heteroatoms. The van der Waals surface area contributed by atoms with Gasteiger partial charge in [-0.2, -0.15) is 0 Å². The molecule has 1 fully saturated rings. The maximum absolute atomic E-state index is 3.58. The highest BCUT2D eigenvalue weighted by Gasteiger charge is 2.22. The molecule has 0 spiro atoms. The molecule has 0 amide bonds. The van der Waals surface area contributed by atoms with E-state index in [-0.39, 0.29) is 5.54 Å². The van der Waals surface area contributed by atoms with Gasteiger partial charge in [-0.3, -0.25) is 9.80 Å². The van der Waals surface area contributed by atoms with Crippen LogP contribution in [0.15, 0.2) is 0 Å². The summed E-state index contributed by atoms with van der Waals surface area (Å²) in [6.07, 6.45) is 1.25. The molecular formula is C15H33N3. The third kappa shape index (κ3) is 5.68. The van der Waals surface area contributed by atoms with E-state index >= 15 is 0 Å². The first-order valence-electron chi connectivity index (χ1n) is 7.53. The fourth-order valence-electron chi connectivity index (χ4n) is 2.53. The minimum Gasteiger partial charge on any atom is -0.312 e. The molecule has 1 aliphatic rings. The lowest BCUT2D eigenvalue weighted by atomic mass is 10.1. The van der Waals surface area contributed by atoms with Crippen molar-refractivity contribution in [2.75, 3.05) is 32.7 Å². The van der Waals surface area contributed by atoms with Crippen molar-refractivity contribution in [2.24, 2.45) is 0 Å². The van der Waals surface area contributed by atoms with Crippen molar-refractivity contribution in [1.82, 2.24) is 15.1 Å². The quantitative estimate of drug-likeness (QED) is 0.812. The van der Waals surface area contributed by atoms with Gasteiger partial charge in [-0.05, 0) is 54.5 Å². The summed E-state index contributed by atoms with van der Waals surface area (Å²) in [7, 11) is 0. The molecule has 0 aliphatic carbocycles. The standard InChI is InChI=1S/C15H33N3/c1-13(2)17-9-11-18(12-10-17)14(3)7-8-16-15(4,5)6/h13-14,16H,7-12H2,1-6H3. The van der Waals surface area contributed by atoms with Crippen LogP contribution in [0.25, 0.3) is 0 Å². The molecule has 0 bridgehead atoms. The second-order valence-corrected chi connectivity index (χ2v) is 6.98. The number of nitrogens with zero attached hydrogens (tertiary/aromatic N) is 2. The molecule has 0 aromatic carbocycles. The third-order valence-electron chi connectivity index (χ3n) is 3.92. The summed E-state index contributed by atoms with van der Waals surface area (Å²) < 4.78 is 0. The topological polar surface area (TPSA) is 18.5 Å². The molecule has 18 heavy (non-hydrogen) atoms. The highest BCUT2D eigenvalue weighted by molar-refractivity contribution is 4.79. The lowest BCUT2D eigenvalue weighted by Gasteiger charge is -2.40.